The predicted molar refractivity (Wildman–Crippen MR) is 70.1 cm³/mol. The Kier molecular flexibility index (Phi) is 4.59. The molecule has 0 nitrogen and oxygen atoms in total. The van der Waals surface area contributed by atoms with Gasteiger partial charge < -0.3 is 0 Å². The first-order chi connectivity index (χ1) is 7.34. The molecule has 0 amide bonds. The highest BCUT2D eigenvalue weighted by molar-refractivity contribution is 6.11. The maximum Gasteiger partial charge on any atom is 0.105 e. The van der Waals surface area contributed by atoms with Crippen LogP contribution in [-0.2, 0) is 0 Å². The Morgan fingerprint density at radius 1 is 0.667 bits per heavy atom. The third kappa shape index (κ3) is 3.85. The Balaban J connectivity index is 1.60. The Morgan fingerprint density at radius 2 is 1.20 bits per heavy atom. The molecule has 15 heavy (non-hydrogen) atoms. The smallest absolute Gasteiger partial charge is 0.0697 e. The van der Waals surface area contributed by atoms with Gasteiger partial charge in [-0.2, -0.15) is 0 Å². The minimum absolute atomic E-state index is 1.02. The Labute approximate surface area is 96.6 Å². The molecule has 0 spiro atoms. The molecular weight excluding hydrogens is 179 g/mol. The van der Waals surface area contributed by atoms with Crippen molar-refractivity contribution in [3.8, 4) is 0 Å². The molecule has 1 heteroatoms. The predicted octanol–water partition coefficient (Wildman–Crippen LogP) is 3.96. The topological polar surface area (TPSA) is 0 Å². The van der Waals surface area contributed by atoms with E-state index >= 15 is 0 Å². The second-order valence-corrected chi connectivity index (χ2v) is 6.21. The zero-order valence-electron chi connectivity index (χ0n) is 10.5. The summed E-state index contributed by atoms with van der Waals surface area (Å²) in [6.45, 7) is 0. The standard InChI is InChI=1S/C14H27B/c15-14-10-8-13(9-11-14)7-6-12-4-2-1-3-5-12/h12-14H,1-11,15H2. The zero-order valence-corrected chi connectivity index (χ0v) is 10.5. The van der Waals surface area contributed by atoms with Gasteiger partial charge in [-0.05, 0) is 11.8 Å². The Morgan fingerprint density at radius 3 is 1.80 bits per heavy atom. The Hall–Kier alpha value is 0.0649. The monoisotopic (exact) mass is 206 g/mol. The average molecular weight is 206 g/mol. The molecule has 0 heterocycles. The van der Waals surface area contributed by atoms with Crippen LogP contribution in [0.5, 0.6) is 0 Å². The third-order valence-corrected chi connectivity index (χ3v) is 4.84. The maximum atomic E-state index is 2.43. The van der Waals surface area contributed by atoms with Gasteiger partial charge in [-0.3, -0.25) is 0 Å². The van der Waals surface area contributed by atoms with E-state index in [0.29, 0.717) is 0 Å². The van der Waals surface area contributed by atoms with Crippen molar-refractivity contribution in [2.75, 3.05) is 0 Å². The molecule has 0 saturated heterocycles. The van der Waals surface area contributed by atoms with Crippen LogP contribution in [0.1, 0.15) is 70.6 Å². The van der Waals surface area contributed by atoms with E-state index in [2.05, 4.69) is 7.85 Å². The lowest BCUT2D eigenvalue weighted by Gasteiger charge is -2.28. The van der Waals surface area contributed by atoms with Crippen LogP contribution < -0.4 is 0 Å². The molecule has 0 bridgehead atoms. The van der Waals surface area contributed by atoms with E-state index in [1.54, 1.807) is 25.7 Å². The first-order valence-corrected chi connectivity index (χ1v) is 7.34. The van der Waals surface area contributed by atoms with Crippen molar-refractivity contribution in [3.63, 3.8) is 0 Å². The molecule has 0 aromatic carbocycles. The zero-order chi connectivity index (χ0) is 10.5. The van der Waals surface area contributed by atoms with Gasteiger partial charge in [0.05, 0.1) is 0 Å². The van der Waals surface area contributed by atoms with Crippen molar-refractivity contribution >= 4 is 7.85 Å². The quantitative estimate of drug-likeness (QED) is 0.613. The minimum atomic E-state index is 1.02. The lowest BCUT2D eigenvalue weighted by atomic mass is 9.70. The Bertz CT molecular complexity index is 164. The summed E-state index contributed by atoms with van der Waals surface area (Å²) in [6, 6.07) is 0. The van der Waals surface area contributed by atoms with Crippen LogP contribution in [0.4, 0.5) is 0 Å². The average Bonchev–Trinajstić information content (AvgIpc) is 2.30. The van der Waals surface area contributed by atoms with Crippen LogP contribution >= 0.6 is 0 Å². The lowest BCUT2D eigenvalue weighted by molar-refractivity contribution is 0.273. The second-order valence-electron chi connectivity index (χ2n) is 6.21. The van der Waals surface area contributed by atoms with Gasteiger partial charge in [0.25, 0.3) is 0 Å². The summed E-state index contributed by atoms with van der Waals surface area (Å²) in [6.07, 6.45) is 16.8. The number of hydrogen-bond acceptors (Lipinski definition) is 0. The highest BCUT2D eigenvalue weighted by Crippen LogP contribution is 2.35. The van der Waals surface area contributed by atoms with Crippen molar-refractivity contribution in [1.82, 2.24) is 0 Å². The molecule has 0 aromatic rings. The van der Waals surface area contributed by atoms with Crippen molar-refractivity contribution in [2.24, 2.45) is 11.8 Å². The van der Waals surface area contributed by atoms with Crippen LogP contribution in [-0.4, -0.2) is 7.85 Å². The minimum Gasteiger partial charge on any atom is -0.0697 e. The molecule has 2 rings (SSSR count). The normalized spacial score (nSPS) is 34.1. The molecule has 0 atom stereocenters. The molecule has 0 aliphatic heterocycles. The highest BCUT2D eigenvalue weighted by Gasteiger charge is 2.20. The highest BCUT2D eigenvalue weighted by atomic mass is 14.2. The maximum absolute atomic E-state index is 2.43. The van der Waals surface area contributed by atoms with E-state index in [0.717, 1.165) is 17.7 Å². The van der Waals surface area contributed by atoms with E-state index in [4.69, 9.17) is 0 Å². The fraction of sp³-hybridized carbons (Fsp3) is 1.00. The largest absolute Gasteiger partial charge is 0.105 e. The van der Waals surface area contributed by atoms with Gasteiger partial charge in [0, 0.05) is 0 Å². The van der Waals surface area contributed by atoms with Crippen LogP contribution in [0.2, 0.25) is 5.82 Å². The van der Waals surface area contributed by atoms with Gasteiger partial charge in [0.1, 0.15) is 7.85 Å². The molecule has 2 fully saturated rings. The van der Waals surface area contributed by atoms with E-state index in [1.165, 1.54) is 44.9 Å². The van der Waals surface area contributed by atoms with Gasteiger partial charge in [-0.1, -0.05) is 76.4 Å². The SMILES string of the molecule is BC1CCC(CCC2CCCCC2)CC1. The van der Waals surface area contributed by atoms with Gasteiger partial charge in [-0.25, -0.2) is 0 Å². The van der Waals surface area contributed by atoms with E-state index < -0.39 is 0 Å². The molecule has 2 aliphatic rings. The summed E-state index contributed by atoms with van der Waals surface area (Å²) in [7, 11) is 2.43. The van der Waals surface area contributed by atoms with Crippen molar-refractivity contribution in [3.05, 3.63) is 0 Å². The fourth-order valence-corrected chi connectivity index (χ4v) is 3.57. The third-order valence-electron chi connectivity index (χ3n) is 4.84. The second kappa shape index (κ2) is 5.96. The van der Waals surface area contributed by atoms with Crippen LogP contribution in [0.15, 0.2) is 0 Å². The molecule has 0 N–H and O–H groups in total. The molecule has 86 valence electrons. The van der Waals surface area contributed by atoms with Crippen LogP contribution in [0, 0.1) is 11.8 Å². The van der Waals surface area contributed by atoms with Gasteiger partial charge in [0.2, 0.25) is 0 Å². The van der Waals surface area contributed by atoms with Crippen LogP contribution in [0.3, 0.4) is 0 Å². The first kappa shape index (κ1) is 11.5. The van der Waals surface area contributed by atoms with E-state index in [1.807, 2.05) is 0 Å². The number of hydrogen-bond donors (Lipinski definition) is 0. The summed E-state index contributed by atoms with van der Waals surface area (Å²) in [5.74, 6) is 3.23. The summed E-state index contributed by atoms with van der Waals surface area (Å²) < 4.78 is 0. The summed E-state index contributed by atoms with van der Waals surface area (Å²) in [5.41, 5.74) is 0. The van der Waals surface area contributed by atoms with E-state index in [-0.39, 0.29) is 0 Å². The summed E-state index contributed by atoms with van der Waals surface area (Å²) in [5, 5.41) is 0. The summed E-state index contributed by atoms with van der Waals surface area (Å²) >= 11 is 0. The molecule has 2 aliphatic carbocycles. The van der Waals surface area contributed by atoms with Crippen molar-refractivity contribution in [2.45, 2.75) is 76.4 Å². The van der Waals surface area contributed by atoms with Gasteiger partial charge >= 0.3 is 0 Å². The fourth-order valence-electron chi connectivity index (χ4n) is 3.57. The summed E-state index contributed by atoms with van der Waals surface area (Å²) in [4.78, 5) is 0. The van der Waals surface area contributed by atoms with E-state index in [9.17, 15) is 0 Å². The molecular formula is C14H27B. The molecule has 0 aromatic heterocycles. The molecule has 2 saturated carbocycles. The van der Waals surface area contributed by atoms with Crippen molar-refractivity contribution < 1.29 is 0 Å². The van der Waals surface area contributed by atoms with Gasteiger partial charge in [0.15, 0.2) is 0 Å². The van der Waals surface area contributed by atoms with Gasteiger partial charge in [-0.15, -0.1) is 0 Å². The first-order valence-electron chi connectivity index (χ1n) is 7.34. The lowest BCUT2D eigenvalue weighted by Crippen LogP contribution is -2.13. The van der Waals surface area contributed by atoms with Crippen LogP contribution in [0.25, 0.3) is 0 Å². The number of rotatable bonds is 3. The van der Waals surface area contributed by atoms with Crippen molar-refractivity contribution in [1.29, 1.82) is 0 Å². The molecule has 0 unspecified atom stereocenters. The molecule has 0 radical (unpaired) electrons.